The Labute approximate surface area is 102 Å². The first kappa shape index (κ1) is 13.2. The van der Waals surface area contributed by atoms with E-state index in [-0.39, 0.29) is 11.8 Å². The van der Waals surface area contributed by atoms with Gasteiger partial charge in [-0.05, 0) is 26.0 Å². The van der Waals surface area contributed by atoms with Gasteiger partial charge < -0.3 is 10.2 Å². The van der Waals surface area contributed by atoms with Gasteiger partial charge in [0.15, 0.2) is 0 Å². The number of hydrogen-bond donors (Lipinski definition) is 1. The Morgan fingerprint density at radius 1 is 1.29 bits per heavy atom. The van der Waals surface area contributed by atoms with E-state index in [1.807, 2.05) is 19.1 Å². The maximum Gasteiger partial charge on any atom is 0.251 e. The number of rotatable bonds is 3. The van der Waals surface area contributed by atoms with Gasteiger partial charge in [-0.3, -0.25) is 9.59 Å². The highest BCUT2D eigenvalue weighted by Gasteiger charge is 2.17. The zero-order chi connectivity index (χ0) is 13.0. The van der Waals surface area contributed by atoms with Gasteiger partial charge >= 0.3 is 0 Å². The third kappa shape index (κ3) is 3.59. The van der Waals surface area contributed by atoms with E-state index in [0.29, 0.717) is 5.56 Å². The van der Waals surface area contributed by atoms with Gasteiger partial charge in [-0.2, -0.15) is 0 Å². The van der Waals surface area contributed by atoms with Crippen LogP contribution < -0.4 is 5.32 Å². The van der Waals surface area contributed by atoms with Crippen molar-refractivity contribution in [2.24, 2.45) is 0 Å². The van der Waals surface area contributed by atoms with E-state index in [1.54, 1.807) is 33.2 Å². The molecular weight excluding hydrogens is 216 g/mol. The third-order valence-electron chi connectivity index (χ3n) is 2.44. The molecular formula is C13H18N2O2. The van der Waals surface area contributed by atoms with E-state index in [0.717, 1.165) is 5.56 Å². The number of aryl methyl sites for hydroxylation is 1. The molecule has 0 spiro atoms. The van der Waals surface area contributed by atoms with Crippen LogP contribution in [-0.2, 0) is 4.79 Å². The Kier molecular flexibility index (Phi) is 4.26. The van der Waals surface area contributed by atoms with Crippen molar-refractivity contribution in [3.63, 3.8) is 0 Å². The molecule has 1 atom stereocenters. The average molecular weight is 234 g/mol. The quantitative estimate of drug-likeness (QED) is 0.854. The number of carbonyl (C=O) groups is 2. The number of amides is 2. The summed E-state index contributed by atoms with van der Waals surface area (Å²) in [6.07, 6.45) is 0. The summed E-state index contributed by atoms with van der Waals surface area (Å²) in [6.45, 7) is 3.60. The van der Waals surface area contributed by atoms with E-state index in [4.69, 9.17) is 0 Å². The second-order valence-corrected chi connectivity index (χ2v) is 4.30. The molecule has 0 aliphatic carbocycles. The zero-order valence-corrected chi connectivity index (χ0v) is 10.7. The standard InChI is InChI=1S/C13H18N2O2/c1-9-6-5-7-11(8-9)12(16)14-10(2)13(17)15(3)4/h5-8,10H,1-4H3,(H,14,16). The summed E-state index contributed by atoms with van der Waals surface area (Å²) in [7, 11) is 3.33. The highest BCUT2D eigenvalue weighted by Crippen LogP contribution is 2.04. The van der Waals surface area contributed by atoms with Gasteiger partial charge in [-0.15, -0.1) is 0 Å². The van der Waals surface area contributed by atoms with Crippen LogP contribution in [0.1, 0.15) is 22.8 Å². The smallest absolute Gasteiger partial charge is 0.251 e. The van der Waals surface area contributed by atoms with Crippen molar-refractivity contribution in [1.29, 1.82) is 0 Å². The fourth-order valence-corrected chi connectivity index (χ4v) is 1.52. The normalized spacial score (nSPS) is 11.8. The van der Waals surface area contributed by atoms with Crippen molar-refractivity contribution in [2.75, 3.05) is 14.1 Å². The van der Waals surface area contributed by atoms with Gasteiger partial charge in [0.2, 0.25) is 5.91 Å². The first-order valence-electron chi connectivity index (χ1n) is 5.50. The Bertz CT molecular complexity index is 427. The lowest BCUT2D eigenvalue weighted by molar-refractivity contribution is -0.130. The van der Waals surface area contributed by atoms with Crippen molar-refractivity contribution >= 4 is 11.8 Å². The van der Waals surface area contributed by atoms with Crippen LogP contribution in [0.25, 0.3) is 0 Å². The lowest BCUT2D eigenvalue weighted by Crippen LogP contribution is -2.44. The van der Waals surface area contributed by atoms with E-state index in [2.05, 4.69) is 5.32 Å². The number of hydrogen-bond acceptors (Lipinski definition) is 2. The third-order valence-corrected chi connectivity index (χ3v) is 2.44. The van der Waals surface area contributed by atoms with Crippen molar-refractivity contribution in [2.45, 2.75) is 19.9 Å². The van der Waals surface area contributed by atoms with Crippen molar-refractivity contribution in [3.05, 3.63) is 35.4 Å². The molecule has 1 N–H and O–H groups in total. The molecule has 1 unspecified atom stereocenters. The van der Waals surface area contributed by atoms with Crippen LogP contribution in [0, 0.1) is 6.92 Å². The summed E-state index contributed by atoms with van der Waals surface area (Å²) in [5.41, 5.74) is 1.59. The van der Waals surface area contributed by atoms with Crippen molar-refractivity contribution < 1.29 is 9.59 Å². The first-order valence-corrected chi connectivity index (χ1v) is 5.50. The van der Waals surface area contributed by atoms with Crippen molar-refractivity contribution in [3.8, 4) is 0 Å². The van der Waals surface area contributed by atoms with E-state index < -0.39 is 6.04 Å². The summed E-state index contributed by atoms with van der Waals surface area (Å²) in [6, 6.07) is 6.75. The molecule has 0 aliphatic rings. The van der Waals surface area contributed by atoms with Crippen LogP contribution in [0.15, 0.2) is 24.3 Å². The molecule has 2 amide bonds. The van der Waals surface area contributed by atoms with Gasteiger partial charge in [0.25, 0.3) is 5.91 Å². The van der Waals surface area contributed by atoms with Crippen LogP contribution in [-0.4, -0.2) is 36.9 Å². The van der Waals surface area contributed by atoms with Crippen LogP contribution in [0.2, 0.25) is 0 Å². The van der Waals surface area contributed by atoms with Gasteiger partial charge in [0.1, 0.15) is 6.04 Å². The first-order chi connectivity index (χ1) is 7.91. The molecule has 0 fully saturated rings. The number of carbonyl (C=O) groups excluding carboxylic acids is 2. The van der Waals surface area contributed by atoms with E-state index >= 15 is 0 Å². The molecule has 0 aromatic heterocycles. The molecule has 0 saturated carbocycles. The second-order valence-electron chi connectivity index (χ2n) is 4.30. The maximum absolute atomic E-state index is 11.9. The summed E-state index contributed by atoms with van der Waals surface area (Å²) >= 11 is 0. The molecule has 0 bridgehead atoms. The Balaban J connectivity index is 2.70. The van der Waals surface area contributed by atoms with Crippen LogP contribution in [0.5, 0.6) is 0 Å². The number of likely N-dealkylation sites (N-methyl/N-ethyl adjacent to an activating group) is 1. The highest BCUT2D eigenvalue weighted by atomic mass is 16.2. The number of benzene rings is 1. The largest absolute Gasteiger partial charge is 0.347 e. The fourth-order valence-electron chi connectivity index (χ4n) is 1.52. The van der Waals surface area contributed by atoms with Crippen LogP contribution in [0.4, 0.5) is 0 Å². The van der Waals surface area contributed by atoms with Gasteiger partial charge in [0, 0.05) is 19.7 Å². The van der Waals surface area contributed by atoms with Gasteiger partial charge in [0.05, 0.1) is 0 Å². The predicted molar refractivity (Wildman–Crippen MR) is 66.8 cm³/mol. The molecule has 4 nitrogen and oxygen atoms in total. The molecule has 1 aromatic rings. The average Bonchev–Trinajstić information content (AvgIpc) is 2.27. The minimum Gasteiger partial charge on any atom is -0.347 e. The minimum absolute atomic E-state index is 0.119. The molecule has 0 aliphatic heterocycles. The molecule has 0 heterocycles. The van der Waals surface area contributed by atoms with Gasteiger partial charge in [-0.1, -0.05) is 17.7 Å². The number of nitrogens with zero attached hydrogens (tertiary/aromatic N) is 1. The van der Waals surface area contributed by atoms with E-state index in [1.165, 1.54) is 4.90 Å². The molecule has 1 aromatic carbocycles. The molecule has 1 rings (SSSR count). The predicted octanol–water partition coefficient (Wildman–Crippen LogP) is 1.20. The molecule has 17 heavy (non-hydrogen) atoms. The lowest BCUT2D eigenvalue weighted by atomic mass is 10.1. The maximum atomic E-state index is 11.9. The van der Waals surface area contributed by atoms with Crippen LogP contribution in [0.3, 0.4) is 0 Å². The highest BCUT2D eigenvalue weighted by molar-refractivity contribution is 5.97. The summed E-state index contributed by atoms with van der Waals surface area (Å²) in [5, 5.41) is 2.67. The minimum atomic E-state index is -0.516. The monoisotopic (exact) mass is 234 g/mol. The summed E-state index contributed by atoms with van der Waals surface area (Å²) in [4.78, 5) is 24.9. The van der Waals surface area contributed by atoms with E-state index in [9.17, 15) is 9.59 Å². The molecule has 0 radical (unpaired) electrons. The topological polar surface area (TPSA) is 49.4 Å². The summed E-state index contributed by atoms with van der Waals surface area (Å²) < 4.78 is 0. The van der Waals surface area contributed by atoms with Gasteiger partial charge in [-0.25, -0.2) is 0 Å². The van der Waals surface area contributed by atoms with Crippen molar-refractivity contribution in [1.82, 2.24) is 10.2 Å². The Hall–Kier alpha value is -1.84. The fraction of sp³-hybridized carbons (Fsp3) is 0.385. The number of nitrogens with one attached hydrogen (secondary N) is 1. The molecule has 4 heteroatoms. The lowest BCUT2D eigenvalue weighted by Gasteiger charge is -2.18. The zero-order valence-electron chi connectivity index (χ0n) is 10.7. The summed E-state index contributed by atoms with van der Waals surface area (Å²) in [5.74, 6) is -0.345. The molecule has 0 saturated heterocycles. The Morgan fingerprint density at radius 3 is 2.47 bits per heavy atom. The Morgan fingerprint density at radius 2 is 1.94 bits per heavy atom. The SMILES string of the molecule is Cc1cccc(C(=O)NC(C)C(=O)N(C)C)c1. The second kappa shape index (κ2) is 5.48. The molecule has 92 valence electrons. The van der Waals surface area contributed by atoms with Crippen LogP contribution >= 0.6 is 0 Å².